The number of methoxy groups -OCH3 is 1. The van der Waals surface area contributed by atoms with Gasteiger partial charge in [-0.25, -0.2) is 4.98 Å². The van der Waals surface area contributed by atoms with Gasteiger partial charge in [-0.3, -0.25) is 4.90 Å². The molecule has 0 radical (unpaired) electrons. The second-order valence-electron chi connectivity index (χ2n) is 4.86. The van der Waals surface area contributed by atoms with Crippen molar-refractivity contribution >= 4 is 38.3 Å². The molecule has 0 saturated carbocycles. The Morgan fingerprint density at radius 2 is 2.24 bits per heavy atom. The van der Waals surface area contributed by atoms with Gasteiger partial charge in [0, 0.05) is 32.2 Å². The van der Waals surface area contributed by atoms with Crippen LogP contribution in [-0.2, 0) is 4.74 Å². The summed E-state index contributed by atoms with van der Waals surface area (Å²) in [5.41, 5.74) is 0.830. The van der Waals surface area contributed by atoms with E-state index >= 15 is 0 Å². The third-order valence-corrected chi connectivity index (χ3v) is 4.71. The second-order valence-corrected chi connectivity index (χ2v) is 6.29. The summed E-state index contributed by atoms with van der Waals surface area (Å²) >= 11 is 7.82. The highest BCUT2D eigenvalue weighted by molar-refractivity contribution is 7.22. The lowest BCUT2D eigenvalue weighted by molar-refractivity contribution is 0.0398. The normalized spacial score (nSPS) is 16.3. The lowest BCUT2D eigenvalue weighted by atomic mass is 10.3. The van der Waals surface area contributed by atoms with E-state index in [1.54, 1.807) is 24.5 Å². The van der Waals surface area contributed by atoms with Gasteiger partial charge >= 0.3 is 0 Å². The van der Waals surface area contributed by atoms with Crippen molar-refractivity contribution in [1.29, 1.82) is 0 Å². The SMILES string of the molecule is COc1cc(Cl)c2nc(NCCN3CCOCC3)sc2c1. The summed E-state index contributed by atoms with van der Waals surface area (Å²) < 4.78 is 11.6. The van der Waals surface area contributed by atoms with Crippen molar-refractivity contribution < 1.29 is 9.47 Å². The molecular weight excluding hydrogens is 310 g/mol. The second kappa shape index (κ2) is 6.79. The molecule has 2 heterocycles. The van der Waals surface area contributed by atoms with Crippen LogP contribution in [0, 0.1) is 0 Å². The summed E-state index contributed by atoms with van der Waals surface area (Å²) in [6.45, 7) is 5.53. The van der Waals surface area contributed by atoms with Crippen LogP contribution < -0.4 is 10.1 Å². The van der Waals surface area contributed by atoms with E-state index in [1.165, 1.54) is 0 Å². The van der Waals surface area contributed by atoms with Gasteiger partial charge in [-0.15, -0.1) is 0 Å². The lowest BCUT2D eigenvalue weighted by Crippen LogP contribution is -2.38. The molecule has 0 spiro atoms. The van der Waals surface area contributed by atoms with Gasteiger partial charge in [0.15, 0.2) is 5.13 Å². The van der Waals surface area contributed by atoms with Gasteiger partial charge < -0.3 is 14.8 Å². The maximum Gasteiger partial charge on any atom is 0.183 e. The molecule has 0 atom stereocenters. The van der Waals surface area contributed by atoms with E-state index in [4.69, 9.17) is 21.1 Å². The highest BCUT2D eigenvalue weighted by Gasteiger charge is 2.11. The van der Waals surface area contributed by atoms with Crippen molar-refractivity contribution in [3.05, 3.63) is 17.2 Å². The predicted octanol–water partition coefficient (Wildman–Crippen LogP) is 2.70. The van der Waals surface area contributed by atoms with E-state index in [1.807, 2.05) is 6.07 Å². The Balaban J connectivity index is 1.63. The molecule has 1 aliphatic rings. The lowest BCUT2D eigenvalue weighted by Gasteiger charge is -2.26. The first-order chi connectivity index (χ1) is 10.3. The number of hydrogen-bond donors (Lipinski definition) is 1. The van der Waals surface area contributed by atoms with Crippen molar-refractivity contribution in [2.45, 2.75) is 0 Å². The van der Waals surface area contributed by atoms with Crippen molar-refractivity contribution in [3.63, 3.8) is 0 Å². The number of nitrogens with one attached hydrogen (secondary N) is 1. The smallest absolute Gasteiger partial charge is 0.183 e. The van der Waals surface area contributed by atoms with Crippen LogP contribution in [0.15, 0.2) is 12.1 Å². The standard InChI is InChI=1S/C14H18ClN3O2S/c1-19-10-8-11(15)13-12(9-10)21-14(17-13)16-2-3-18-4-6-20-7-5-18/h8-9H,2-7H2,1H3,(H,16,17). The molecule has 1 aromatic heterocycles. The molecule has 1 saturated heterocycles. The molecule has 1 fully saturated rings. The van der Waals surface area contributed by atoms with Crippen LogP contribution in [0.5, 0.6) is 5.75 Å². The zero-order valence-corrected chi connectivity index (χ0v) is 13.5. The summed E-state index contributed by atoms with van der Waals surface area (Å²) in [6.07, 6.45) is 0. The van der Waals surface area contributed by atoms with Gasteiger partial charge in [-0.05, 0) is 6.07 Å². The zero-order valence-electron chi connectivity index (χ0n) is 11.9. The van der Waals surface area contributed by atoms with E-state index in [9.17, 15) is 0 Å². The summed E-state index contributed by atoms with van der Waals surface area (Å²) in [4.78, 5) is 6.94. The Hall–Kier alpha value is -1.08. The van der Waals surface area contributed by atoms with Gasteiger partial charge in [0.25, 0.3) is 0 Å². The molecular formula is C14H18ClN3O2S. The first-order valence-electron chi connectivity index (χ1n) is 6.94. The molecule has 1 N–H and O–H groups in total. The Morgan fingerprint density at radius 3 is 3.00 bits per heavy atom. The van der Waals surface area contributed by atoms with E-state index in [0.717, 1.165) is 60.5 Å². The third kappa shape index (κ3) is 3.58. The molecule has 0 unspecified atom stereocenters. The number of halogens is 1. The molecule has 21 heavy (non-hydrogen) atoms. The minimum Gasteiger partial charge on any atom is -0.497 e. The Labute approximate surface area is 132 Å². The molecule has 0 amide bonds. The number of anilines is 1. The van der Waals surface area contributed by atoms with Crippen molar-refractivity contribution in [1.82, 2.24) is 9.88 Å². The van der Waals surface area contributed by atoms with Gasteiger partial charge in [-0.1, -0.05) is 22.9 Å². The highest BCUT2D eigenvalue weighted by Crippen LogP contribution is 2.34. The average molecular weight is 328 g/mol. The van der Waals surface area contributed by atoms with Gasteiger partial charge in [0.1, 0.15) is 11.3 Å². The molecule has 0 bridgehead atoms. The average Bonchev–Trinajstić information content (AvgIpc) is 2.91. The van der Waals surface area contributed by atoms with E-state index in [-0.39, 0.29) is 0 Å². The monoisotopic (exact) mass is 327 g/mol. The first kappa shape index (κ1) is 14.8. The first-order valence-corrected chi connectivity index (χ1v) is 8.14. The number of thiazole rings is 1. The molecule has 3 rings (SSSR count). The Kier molecular flexibility index (Phi) is 4.80. The van der Waals surface area contributed by atoms with Crippen LogP contribution in [0.1, 0.15) is 0 Å². The number of aromatic nitrogens is 1. The Bertz CT molecular complexity index is 614. The fourth-order valence-corrected chi connectivity index (χ4v) is 3.56. The summed E-state index contributed by atoms with van der Waals surface area (Å²) in [5, 5.41) is 4.89. The number of benzene rings is 1. The predicted molar refractivity (Wildman–Crippen MR) is 86.9 cm³/mol. The van der Waals surface area contributed by atoms with Gasteiger partial charge in [-0.2, -0.15) is 0 Å². The van der Waals surface area contributed by atoms with E-state index in [2.05, 4.69) is 15.2 Å². The maximum atomic E-state index is 6.22. The molecule has 1 aromatic carbocycles. The number of hydrogen-bond acceptors (Lipinski definition) is 6. The molecule has 5 nitrogen and oxygen atoms in total. The minimum absolute atomic E-state index is 0.627. The largest absolute Gasteiger partial charge is 0.497 e. The zero-order chi connectivity index (χ0) is 14.7. The summed E-state index contributed by atoms with van der Waals surface area (Å²) in [5.74, 6) is 0.760. The highest BCUT2D eigenvalue weighted by atomic mass is 35.5. The van der Waals surface area contributed by atoms with Gasteiger partial charge in [0.05, 0.1) is 30.0 Å². The summed E-state index contributed by atoms with van der Waals surface area (Å²) in [7, 11) is 1.64. The number of ether oxygens (including phenoxy) is 2. The molecule has 2 aromatic rings. The minimum atomic E-state index is 0.627. The van der Waals surface area contributed by atoms with Crippen LogP contribution in [0.4, 0.5) is 5.13 Å². The van der Waals surface area contributed by atoms with E-state index in [0.29, 0.717) is 5.02 Å². The molecule has 7 heteroatoms. The van der Waals surface area contributed by atoms with Crippen molar-refractivity contribution in [3.8, 4) is 5.75 Å². The third-order valence-electron chi connectivity index (χ3n) is 3.47. The van der Waals surface area contributed by atoms with Gasteiger partial charge in [0.2, 0.25) is 0 Å². The fourth-order valence-electron chi connectivity index (χ4n) is 2.30. The quantitative estimate of drug-likeness (QED) is 0.915. The molecule has 114 valence electrons. The van der Waals surface area contributed by atoms with E-state index < -0.39 is 0 Å². The fraction of sp³-hybridized carbons (Fsp3) is 0.500. The van der Waals surface area contributed by atoms with Crippen LogP contribution >= 0.6 is 22.9 Å². The molecule has 1 aliphatic heterocycles. The van der Waals surface area contributed by atoms with Crippen LogP contribution in [-0.4, -0.2) is 56.4 Å². The topological polar surface area (TPSA) is 46.6 Å². The summed E-state index contributed by atoms with van der Waals surface area (Å²) in [6, 6.07) is 3.76. The van der Waals surface area contributed by atoms with Crippen LogP contribution in [0.3, 0.4) is 0 Å². The molecule has 0 aliphatic carbocycles. The number of nitrogens with zero attached hydrogens (tertiary/aromatic N) is 2. The Morgan fingerprint density at radius 1 is 1.43 bits per heavy atom. The van der Waals surface area contributed by atoms with Crippen LogP contribution in [0.2, 0.25) is 5.02 Å². The van der Waals surface area contributed by atoms with Crippen molar-refractivity contribution in [2.75, 3.05) is 51.8 Å². The maximum absolute atomic E-state index is 6.22. The number of morpholine rings is 1. The van der Waals surface area contributed by atoms with Crippen LogP contribution in [0.25, 0.3) is 10.2 Å². The van der Waals surface area contributed by atoms with Crippen molar-refractivity contribution in [2.24, 2.45) is 0 Å². The number of fused-ring (bicyclic) bond motifs is 1. The number of rotatable bonds is 5.